The molecule has 0 saturated carbocycles. The first-order valence-electron chi connectivity index (χ1n) is 6.37. The van der Waals surface area contributed by atoms with Crippen molar-refractivity contribution in [3.63, 3.8) is 0 Å². The molecular weight excluding hydrogens is 240 g/mol. The Morgan fingerprint density at radius 3 is 2.26 bits per heavy atom. The summed E-state index contributed by atoms with van der Waals surface area (Å²) < 4.78 is 0. The largest absolute Gasteiger partial charge is 0.352 e. The molecule has 0 unspecified atom stereocenters. The highest BCUT2D eigenvalue weighted by Crippen LogP contribution is 2.26. The maximum absolute atomic E-state index is 11.7. The van der Waals surface area contributed by atoms with Crippen LogP contribution >= 0.6 is 0 Å². The molecule has 19 heavy (non-hydrogen) atoms. The molecule has 0 fully saturated rings. The smallest absolute Gasteiger partial charge is 0.251 e. The van der Waals surface area contributed by atoms with Gasteiger partial charge in [0.05, 0.1) is 5.69 Å². The Bertz CT molecular complexity index is 618. The number of aromatic nitrogens is 1. The third-order valence-electron chi connectivity index (χ3n) is 3.77. The van der Waals surface area contributed by atoms with Gasteiger partial charge in [0.1, 0.15) is 0 Å². The predicted molar refractivity (Wildman–Crippen MR) is 74.8 cm³/mol. The van der Waals surface area contributed by atoms with Crippen LogP contribution in [0.2, 0.25) is 0 Å². The predicted octanol–water partition coefficient (Wildman–Crippen LogP) is 2.64. The number of nitrogens with one attached hydrogen (secondary N) is 2. The minimum Gasteiger partial charge on any atom is -0.352 e. The summed E-state index contributed by atoms with van der Waals surface area (Å²) in [4.78, 5) is 25.7. The van der Waals surface area contributed by atoms with Crippen molar-refractivity contribution in [3.05, 3.63) is 39.4 Å². The SMILES string of the molecule is CCC1=C(C)C(=O)N/C1=C/c1[nH]c(C=O)c(C)c1C. The Hall–Kier alpha value is -2.10. The van der Waals surface area contributed by atoms with Crippen molar-refractivity contribution < 1.29 is 9.59 Å². The van der Waals surface area contributed by atoms with Crippen LogP contribution in [0, 0.1) is 13.8 Å². The monoisotopic (exact) mass is 258 g/mol. The van der Waals surface area contributed by atoms with Gasteiger partial charge in [0.25, 0.3) is 5.91 Å². The number of hydrogen-bond donors (Lipinski definition) is 2. The summed E-state index contributed by atoms with van der Waals surface area (Å²) >= 11 is 0. The van der Waals surface area contributed by atoms with Crippen LogP contribution in [0.1, 0.15) is 47.6 Å². The van der Waals surface area contributed by atoms with Crippen LogP contribution in [-0.2, 0) is 4.79 Å². The number of H-pyrrole nitrogens is 1. The van der Waals surface area contributed by atoms with Gasteiger partial charge in [-0.05, 0) is 50.0 Å². The third kappa shape index (κ3) is 2.14. The first-order chi connectivity index (χ1) is 8.99. The number of carbonyl (C=O) groups is 2. The number of hydrogen-bond acceptors (Lipinski definition) is 2. The number of carbonyl (C=O) groups excluding carboxylic acids is 2. The van der Waals surface area contributed by atoms with Crippen LogP contribution in [0.3, 0.4) is 0 Å². The Morgan fingerprint density at radius 1 is 1.11 bits per heavy atom. The molecular formula is C15H18N2O2. The highest BCUT2D eigenvalue weighted by molar-refractivity contribution is 6.00. The van der Waals surface area contributed by atoms with Gasteiger partial charge in [-0.3, -0.25) is 9.59 Å². The number of aromatic amines is 1. The number of aldehydes is 1. The number of amides is 1. The highest BCUT2D eigenvalue weighted by atomic mass is 16.2. The molecule has 0 radical (unpaired) electrons. The molecule has 0 saturated heterocycles. The van der Waals surface area contributed by atoms with E-state index in [0.29, 0.717) is 5.69 Å². The van der Waals surface area contributed by atoms with Crippen molar-refractivity contribution in [2.45, 2.75) is 34.1 Å². The summed E-state index contributed by atoms with van der Waals surface area (Å²) in [5, 5.41) is 2.87. The van der Waals surface area contributed by atoms with Crippen LogP contribution in [0.5, 0.6) is 0 Å². The summed E-state index contributed by atoms with van der Waals surface area (Å²) in [5.41, 5.74) is 6.07. The van der Waals surface area contributed by atoms with E-state index in [1.54, 1.807) is 0 Å². The molecule has 0 spiro atoms. The van der Waals surface area contributed by atoms with E-state index in [1.165, 1.54) is 0 Å². The molecule has 100 valence electrons. The van der Waals surface area contributed by atoms with E-state index in [2.05, 4.69) is 10.3 Å². The second-order valence-electron chi connectivity index (χ2n) is 4.79. The summed E-state index contributed by atoms with van der Waals surface area (Å²) in [7, 11) is 0. The van der Waals surface area contributed by atoms with Crippen molar-refractivity contribution in [2.24, 2.45) is 0 Å². The lowest BCUT2D eigenvalue weighted by atomic mass is 10.1. The molecule has 1 aliphatic rings. The average molecular weight is 258 g/mol. The molecule has 0 atom stereocenters. The van der Waals surface area contributed by atoms with Crippen LogP contribution < -0.4 is 5.32 Å². The Morgan fingerprint density at radius 2 is 1.74 bits per heavy atom. The van der Waals surface area contributed by atoms with Gasteiger partial charge in [-0.25, -0.2) is 0 Å². The zero-order chi connectivity index (χ0) is 14.2. The van der Waals surface area contributed by atoms with Gasteiger partial charge in [-0.15, -0.1) is 0 Å². The molecule has 4 heteroatoms. The van der Waals surface area contributed by atoms with E-state index in [1.807, 2.05) is 33.8 Å². The zero-order valence-corrected chi connectivity index (χ0v) is 11.7. The number of rotatable bonds is 3. The first kappa shape index (κ1) is 13.3. The van der Waals surface area contributed by atoms with Crippen molar-refractivity contribution in [1.29, 1.82) is 0 Å². The van der Waals surface area contributed by atoms with E-state index in [-0.39, 0.29) is 5.91 Å². The minimum absolute atomic E-state index is 0.0420. The third-order valence-corrected chi connectivity index (χ3v) is 3.77. The summed E-state index contributed by atoms with van der Waals surface area (Å²) in [6.45, 7) is 7.73. The lowest BCUT2D eigenvalue weighted by molar-refractivity contribution is -0.116. The lowest BCUT2D eigenvalue weighted by Crippen LogP contribution is -2.15. The maximum atomic E-state index is 11.7. The molecule has 1 aliphatic heterocycles. The van der Waals surface area contributed by atoms with Crippen molar-refractivity contribution in [1.82, 2.24) is 10.3 Å². The average Bonchev–Trinajstić information content (AvgIpc) is 2.81. The van der Waals surface area contributed by atoms with E-state index >= 15 is 0 Å². The second kappa shape index (κ2) is 4.88. The Labute approximate surface area is 112 Å². The standard InChI is InChI=1S/C15H18N2O2/c1-5-11-10(4)15(19)17-13(11)6-12-8(2)9(3)14(7-18)16-12/h6-7,16H,5H2,1-4H3,(H,17,19)/b13-6+. The van der Waals surface area contributed by atoms with Crippen LogP contribution in [-0.4, -0.2) is 17.2 Å². The van der Waals surface area contributed by atoms with E-state index < -0.39 is 0 Å². The van der Waals surface area contributed by atoms with Gasteiger partial charge in [0.15, 0.2) is 6.29 Å². The summed E-state index contributed by atoms with van der Waals surface area (Å²) in [6, 6.07) is 0. The van der Waals surface area contributed by atoms with Gasteiger partial charge >= 0.3 is 0 Å². The van der Waals surface area contributed by atoms with Gasteiger partial charge in [-0.1, -0.05) is 6.92 Å². The molecule has 0 bridgehead atoms. The van der Waals surface area contributed by atoms with Crippen molar-refractivity contribution in [2.75, 3.05) is 0 Å². The molecule has 1 amide bonds. The van der Waals surface area contributed by atoms with E-state index in [0.717, 1.165) is 46.4 Å². The molecule has 2 N–H and O–H groups in total. The first-order valence-corrected chi connectivity index (χ1v) is 6.37. The lowest BCUT2D eigenvalue weighted by Gasteiger charge is -2.03. The van der Waals surface area contributed by atoms with Gasteiger partial charge < -0.3 is 10.3 Å². The molecule has 0 aromatic carbocycles. The molecule has 2 heterocycles. The van der Waals surface area contributed by atoms with Gasteiger partial charge in [-0.2, -0.15) is 0 Å². The fraction of sp³-hybridized carbons (Fsp3) is 0.333. The summed E-state index contributed by atoms with van der Waals surface area (Å²) in [5.74, 6) is -0.0420. The number of allylic oxidation sites excluding steroid dienone is 1. The molecule has 2 rings (SSSR count). The van der Waals surface area contributed by atoms with Gasteiger partial charge in [0, 0.05) is 17.0 Å². The van der Waals surface area contributed by atoms with Crippen LogP contribution in [0.25, 0.3) is 6.08 Å². The molecule has 4 nitrogen and oxygen atoms in total. The second-order valence-corrected chi connectivity index (χ2v) is 4.79. The fourth-order valence-electron chi connectivity index (χ4n) is 2.35. The topological polar surface area (TPSA) is 62.0 Å². The van der Waals surface area contributed by atoms with Gasteiger partial charge in [0.2, 0.25) is 0 Å². The van der Waals surface area contributed by atoms with Crippen LogP contribution in [0.4, 0.5) is 0 Å². The van der Waals surface area contributed by atoms with E-state index in [9.17, 15) is 9.59 Å². The van der Waals surface area contributed by atoms with E-state index in [4.69, 9.17) is 0 Å². The highest BCUT2D eigenvalue weighted by Gasteiger charge is 2.22. The zero-order valence-electron chi connectivity index (χ0n) is 11.7. The summed E-state index contributed by atoms with van der Waals surface area (Å²) in [6.07, 6.45) is 3.53. The normalized spacial score (nSPS) is 17.3. The van der Waals surface area contributed by atoms with Crippen LogP contribution in [0.15, 0.2) is 16.8 Å². The molecule has 1 aromatic rings. The maximum Gasteiger partial charge on any atom is 0.251 e. The fourth-order valence-corrected chi connectivity index (χ4v) is 2.35. The van der Waals surface area contributed by atoms with Crippen molar-refractivity contribution >= 4 is 18.3 Å². The Balaban J connectivity index is 2.48. The minimum atomic E-state index is -0.0420. The quantitative estimate of drug-likeness (QED) is 0.819. The van der Waals surface area contributed by atoms with Crippen molar-refractivity contribution in [3.8, 4) is 0 Å². The molecule has 1 aromatic heterocycles. The molecule has 0 aliphatic carbocycles. The Kier molecular flexibility index (Phi) is 3.42.